The number of hydrogen-bond donors (Lipinski definition) is 1. The fourth-order valence-electron chi connectivity index (χ4n) is 1.77. The highest BCUT2D eigenvalue weighted by molar-refractivity contribution is 9.10. The average Bonchev–Trinajstić information content (AvgIpc) is 2.35. The summed E-state index contributed by atoms with van der Waals surface area (Å²) in [5, 5.41) is 3.10. The number of carbonyl (C=O) groups excluding carboxylic acids is 1. The van der Waals surface area contributed by atoms with Crippen LogP contribution in [-0.2, 0) is 4.79 Å². The Morgan fingerprint density at radius 1 is 1.28 bits per heavy atom. The lowest BCUT2D eigenvalue weighted by Crippen LogP contribution is -2.36. The third-order valence-corrected chi connectivity index (χ3v) is 4.51. The van der Waals surface area contributed by atoms with Gasteiger partial charge in [0.1, 0.15) is 0 Å². The number of aryl methyl sites for hydroxylation is 1. The van der Waals surface area contributed by atoms with Gasteiger partial charge >= 0.3 is 0 Å². The van der Waals surface area contributed by atoms with Gasteiger partial charge in [-0.15, -0.1) is 0 Å². The van der Waals surface area contributed by atoms with E-state index in [1.54, 1.807) is 0 Å². The minimum Gasteiger partial charge on any atom is -0.348 e. The Balaban J connectivity index is 2.73. The van der Waals surface area contributed by atoms with Gasteiger partial charge < -0.3 is 5.32 Å². The molecule has 100 valence electrons. The Labute approximate surface area is 118 Å². The summed E-state index contributed by atoms with van der Waals surface area (Å²) in [5.74, 6) is 0.359. The molecule has 3 heteroatoms. The van der Waals surface area contributed by atoms with Crippen molar-refractivity contribution in [3.63, 3.8) is 0 Å². The van der Waals surface area contributed by atoms with Gasteiger partial charge in [0.2, 0.25) is 5.91 Å². The molecule has 0 saturated carbocycles. The van der Waals surface area contributed by atoms with Gasteiger partial charge in [-0.2, -0.15) is 0 Å². The number of halogens is 1. The number of alkyl halides is 1. The van der Waals surface area contributed by atoms with Gasteiger partial charge in [-0.25, -0.2) is 0 Å². The molecule has 0 spiro atoms. The Bertz CT molecular complexity index is 386. The predicted octanol–water partition coefficient (Wildman–Crippen LogP) is 3.98. The number of rotatable bonds is 5. The standard InChI is InChI=1S/C15H22BrNO/c1-5-13(12-8-6-11(4)7-9-12)17-15(18)14(16)10(2)3/h6-10,13-14H,5H2,1-4H3,(H,17,18). The van der Waals surface area contributed by atoms with Crippen LogP contribution in [0.3, 0.4) is 0 Å². The van der Waals surface area contributed by atoms with Gasteiger partial charge in [0.15, 0.2) is 0 Å². The zero-order valence-electron chi connectivity index (χ0n) is 11.5. The van der Waals surface area contributed by atoms with E-state index < -0.39 is 0 Å². The number of nitrogens with one attached hydrogen (secondary N) is 1. The molecule has 0 radical (unpaired) electrons. The van der Waals surface area contributed by atoms with Crippen molar-refractivity contribution in [1.82, 2.24) is 5.32 Å². The van der Waals surface area contributed by atoms with Crippen molar-refractivity contribution in [3.05, 3.63) is 35.4 Å². The Hall–Kier alpha value is -0.830. The lowest BCUT2D eigenvalue weighted by molar-refractivity contribution is -0.121. The molecule has 2 atom stereocenters. The molecule has 0 aliphatic carbocycles. The first-order valence-corrected chi connectivity index (χ1v) is 7.38. The van der Waals surface area contributed by atoms with E-state index in [1.165, 1.54) is 11.1 Å². The van der Waals surface area contributed by atoms with E-state index >= 15 is 0 Å². The number of benzene rings is 1. The molecule has 0 fully saturated rings. The highest BCUT2D eigenvalue weighted by Gasteiger charge is 2.21. The van der Waals surface area contributed by atoms with E-state index in [0.29, 0.717) is 5.92 Å². The fourth-order valence-corrected chi connectivity index (χ4v) is 1.91. The first-order chi connectivity index (χ1) is 8.45. The minimum absolute atomic E-state index is 0.0671. The summed E-state index contributed by atoms with van der Waals surface area (Å²) in [4.78, 5) is 11.9. The molecule has 1 aromatic rings. The number of hydrogen-bond acceptors (Lipinski definition) is 1. The van der Waals surface area contributed by atoms with Crippen molar-refractivity contribution in [2.75, 3.05) is 0 Å². The van der Waals surface area contributed by atoms with Crippen LogP contribution in [-0.4, -0.2) is 10.7 Å². The van der Waals surface area contributed by atoms with Crippen LogP contribution in [0.15, 0.2) is 24.3 Å². The molecular weight excluding hydrogens is 290 g/mol. The van der Waals surface area contributed by atoms with Crippen molar-refractivity contribution in [2.45, 2.75) is 45.0 Å². The van der Waals surface area contributed by atoms with Gasteiger partial charge in [-0.05, 0) is 24.8 Å². The minimum atomic E-state index is -0.128. The molecule has 2 nitrogen and oxygen atoms in total. The summed E-state index contributed by atoms with van der Waals surface area (Å²) < 4.78 is 0. The first kappa shape index (κ1) is 15.2. The van der Waals surface area contributed by atoms with Crippen molar-refractivity contribution in [1.29, 1.82) is 0 Å². The molecule has 0 heterocycles. The van der Waals surface area contributed by atoms with Gasteiger partial charge in [0.05, 0.1) is 10.9 Å². The highest BCUT2D eigenvalue weighted by Crippen LogP contribution is 2.19. The topological polar surface area (TPSA) is 29.1 Å². The first-order valence-electron chi connectivity index (χ1n) is 6.46. The Morgan fingerprint density at radius 3 is 2.28 bits per heavy atom. The lowest BCUT2D eigenvalue weighted by atomic mass is 10.0. The smallest absolute Gasteiger partial charge is 0.234 e. The maximum Gasteiger partial charge on any atom is 0.234 e. The van der Waals surface area contributed by atoms with E-state index in [4.69, 9.17) is 0 Å². The molecular formula is C15H22BrNO. The zero-order chi connectivity index (χ0) is 13.7. The molecule has 0 aliphatic rings. The summed E-state index contributed by atoms with van der Waals surface area (Å²) in [6.45, 7) is 8.22. The average molecular weight is 312 g/mol. The molecule has 0 saturated heterocycles. The fraction of sp³-hybridized carbons (Fsp3) is 0.533. The van der Waals surface area contributed by atoms with Gasteiger partial charge in [0, 0.05) is 0 Å². The zero-order valence-corrected chi connectivity index (χ0v) is 13.1. The monoisotopic (exact) mass is 311 g/mol. The van der Waals surface area contributed by atoms with E-state index in [1.807, 2.05) is 13.8 Å². The van der Waals surface area contributed by atoms with Gasteiger partial charge in [-0.1, -0.05) is 66.5 Å². The van der Waals surface area contributed by atoms with E-state index in [2.05, 4.69) is 59.4 Å². The lowest BCUT2D eigenvalue weighted by Gasteiger charge is -2.21. The van der Waals surface area contributed by atoms with Gasteiger partial charge in [0.25, 0.3) is 0 Å². The molecule has 0 aromatic heterocycles. The van der Waals surface area contributed by atoms with Crippen LogP contribution in [0.2, 0.25) is 0 Å². The molecule has 1 N–H and O–H groups in total. The Kier molecular flexibility index (Phi) is 5.86. The number of carbonyl (C=O) groups is 1. The van der Waals surface area contributed by atoms with Crippen LogP contribution in [0.25, 0.3) is 0 Å². The molecule has 0 aliphatic heterocycles. The third-order valence-electron chi connectivity index (χ3n) is 3.04. The van der Waals surface area contributed by atoms with Crippen molar-refractivity contribution < 1.29 is 4.79 Å². The Morgan fingerprint density at radius 2 is 1.83 bits per heavy atom. The van der Waals surface area contributed by atoms with Crippen LogP contribution in [0, 0.1) is 12.8 Å². The normalized spacial score (nSPS) is 14.3. The maximum absolute atomic E-state index is 12.0. The quantitative estimate of drug-likeness (QED) is 0.819. The summed E-state index contributed by atoms with van der Waals surface area (Å²) in [6.07, 6.45) is 0.895. The third kappa shape index (κ3) is 4.13. The van der Waals surface area contributed by atoms with Crippen molar-refractivity contribution >= 4 is 21.8 Å². The molecule has 1 rings (SSSR count). The molecule has 18 heavy (non-hydrogen) atoms. The molecule has 1 amide bonds. The summed E-state index contributed by atoms with van der Waals surface area (Å²) >= 11 is 3.44. The molecule has 2 unspecified atom stereocenters. The van der Waals surface area contributed by atoms with Crippen LogP contribution >= 0.6 is 15.9 Å². The predicted molar refractivity (Wildman–Crippen MR) is 79.9 cm³/mol. The summed E-state index contributed by atoms with van der Waals surface area (Å²) in [7, 11) is 0. The van der Waals surface area contributed by atoms with Crippen LogP contribution in [0.5, 0.6) is 0 Å². The second kappa shape index (κ2) is 6.93. The van der Waals surface area contributed by atoms with Crippen LogP contribution in [0.1, 0.15) is 44.4 Å². The van der Waals surface area contributed by atoms with E-state index in [0.717, 1.165) is 6.42 Å². The summed E-state index contributed by atoms with van der Waals surface area (Å²) in [6, 6.07) is 8.43. The SMILES string of the molecule is CCC(NC(=O)C(Br)C(C)C)c1ccc(C)cc1. The van der Waals surface area contributed by atoms with E-state index in [-0.39, 0.29) is 16.8 Å². The van der Waals surface area contributed by atoms with Gasteiger partial charge in [-0.3, -0.25) is 4.79 Å². The van der Waals surface area contributed by atoms with Crippen LogP contribution in [0.4, 0.5) is 0 Å². The van der Waals surface area contributed by atoms with Crippen molar-refractivity contribution in [3.8, 4) is 0 Å². The van der Waals surface area contributed by atoms with E-state index in [9.17, 15) is 4.79 Å². The second-order valence-corrected chi connectivity index (χ2v) is 6.01. The van der Waals surface area contributed by atoms with Crippen LogP contribution < -0.4 is 5.32 Å². The maximum atomic E-state index is 12.0. The second-order valence-electron chi connectivity index (χ2n) is 5.03. The largest absolute Gasteiger partial charge is 0.348 e. The summed E-state index contributed by atoms with van der Waals surface area (Å²) in [5.41, 5.74) is 2.40. The highest BCUT2D eigenvalue weighted by atomic mass is 79.9. The molecule has 1 aromatic carbocycles. The number of amides is 1. The van der Waals surface area contributed by atoms with Crippen molar-refractivity contribution in [2.24, 2.45) is 5.92 Å². The molecule has 0 bridgehead atoms.